The molecule has 1 saturated heterocycles. The van der Waals surface area contributed by atoms with E-state index in [-0.39, 0.29) is 11.9 Å². The van der Waals surface area contributed by atoms with Gasteiger partial charge in [-0.3, -0.25) is 4.79 Å². The molecular formula is C15H22N2O2. The summed E-state index contributed by atoms with van der Waals surface area (Å²) in [4.78, 5) is 14.5. The molecule has 2 rings (SSSR count). The van der Waals surface area contributed by atoms with E-state index in [0.29, 0.717) is 5.56 Å². The number of nitrogens with zero attached hydrogens (tertiary/aromatic N) is 1. The quantitative estimate of drug-likeness (QED) is 0.903. The highest BCUT2D eigenvalue weighted by molar-refractivity contribution is 5.94. The Morgan fingerprint density at radius 1 is 1.37 bits per heavy atom. The first kappa shape index (κ1) is 13.9. The summed E-state index contributed by atoms with van der Waals surface area (Å²) in [5.74, 6) is 0.754. The fourth-order valence-electron chi connectivity index (χ4n) is 2.38. The maximum atomic E-state index is 12.2. The van der Waals surface area contributed by atoms with Crippen LogP contribution in [0.1, 0.15) is 28.8 Å². The predicted molar refractivity (Wildman–Crippen MR) is 75.7 cm³/mol. The molecule has 0 aliphatic carbocycles. The predicted octanol–water partition coefficient (Wildman–Crippen LogP) is 1.83. The Morgan fingerprint density at radius 3 is 2.68 bits per heavy atom. The third kappa shape index (κ3) is 3.47. The van der Waals surface area contributed by atoms with E-state index in [0.717, 1.165) is 37.2 Å². The molecule has 1 fully saturated rings. The smallest absolute Gasteiger partial charge is 0.251 e. The molecule has 1 aromatic rings. The first-order valence-corrected chi connectivity index (χ1v) is 6.74. The molecule has 0 spiro atoms. The standard InChI is InChI=1S/C15H22N2O2/c1-11-4-5-12(10-14(11)19-3)15(18)16-13-6-8-17(2)9-7-13/h4-5,10,13H,6-9H2,1-3H3,(H,16,18). The number of nitrogens with one attached hydrogen (secondary N) is 1. The van der Waals surface area contributed by atoms with Crippen molar-refractivity contribution >= 4 is 5.91 Å². The van der Waals surface area contributed by atoms with E-state index < -0.39 is 0 Å². The Morgan fingerprint density at radius 2 is 2.05 bits per heavy atom. The number of rotatable bonds is 3. The third-order valence-electron chi connectivity index (χ3n) is 3.72. The van der Waals surface area contributed by atoms with Crippen LogP contribution in [0.3, 0.4) is 0 Å². The van der Waals surface area contributed by atoms with Gasteiger partial charge in [-0.05, 0) is 57.6 Å². The molecule has 0 unspecified atom stereocenters. The maximum Gasteiger partial charge on any atom is 0.251 e. The largest absolute Gasteiger partial charge is 0.496 e. The van der Waals surface area contributed by atoms with Crippen LogP contribution < -0.4 is 10.1 Å². The Balaban J connectivity index is 2.00. The van der Waals surface area contributed by atoms with Gasteiger partial charge in [0.05, 0.1) is 7.11 Å². The first-order chi connectivity index (χ1) is 9.10. The molecule has 0 atom stereocenters. The minimum absolute atomic E-state index is 0.00662. The minimum atomic E-state index is -0.00662. The van der Waals surface area contributed by atoms with Crippen molar-refractivity contribution in [3.8, 4) is 5.75 Å². The zero-order valence-corrected chi connectivity index (χ0v) is 11.9. The van der Waals surface area contributed by atoms with Crippen molar-refractivity contribution in [1.82, 2.24) is 10.2 Å². The number of piperidine rings is 1. The molecule has 0 aromatic heterocycles. The molecule has 1 N–H and O–H groups in total. The number of methoxy groups -OCH3 is 1. The SMILES string of the molecule is COc1cc(C(=O)NC2CCN(C)CC2)ccc1C. The van der Waals surface area contributed by atoms with Crippen molar-refractivity contribution in [3.05, 3.63) is 29.3 Å². The molecule has 0 radical (unpaired) electrons. The maximum absolute atomic E-state index is 12.2. The van der Waals surface area contributed by atoms with Gasteiger partial charge in [-0.15, -0.1) is 0 Å². The van der Waals surface area contributed by atoms with Gasteiger partial charge in [-0.25, -0.2) is 0 Å². The number of carbonyl (C=O) groups is 1. The molecule has 1 aliphatic heterocycles. The van der Waals surface area contributed by atoms with Gasteiger partial charge in [-0.2, -0.15) is 0 Å². The summed E-state index contributed by atoms with van der Waals surface area (Å²) in [6, 6.07) is 5.86. The lowest BCUT2D eigenvalue weighted by Crippen LogP contribution is -2.43. The Bertz CT molecular complexity index is 451. The number of ether oxygens (including phenoxy) is 1. The van der Waals surface area contributed by atoms with Gasteiger partial charge in [0.25, 0.3) is 5.91 Å². The topological polar surface area (TPSA) is 41.6 Å². The summed E-state index contributed by atoms with van der Waals surface area (Å²) in [5.41, 5.74) is 1.71. The van der Waals surface area contributed by atoms with Crippen molar-refractivity contribution in [2.75, 3.05) is 27.2 Å². The highest BCUT2D eigenvalue weighted by Gasteiger charge is 2.19. The molecule has 1 aliphatic rings. The van der Waals surface area contributed by atoms with Crippen LogP contribution in [0.15, 0.2) is 18.2 Å². The zero-order chi connectivity index (χ0) is 13.8. The van der Waals surface area contributed by atoms with Gasteiger partial charge in [0.15, 0.2) is 0 Å². The Hall–Kier alpha value is -1.55. The average molecular weight is 262 g/mol. The first-order valence-electron chi connectivity index (χ1n) is 6.74. The number of benzene rings is 1. The number of likely N-dealkylation sites (tertiary alicyclic amines) is 1. The molecule has 1 amide bonds. The highest BCUT2D eigenvalue weighted by atomic mass is 16.5. The van der Waals surface area contributed by atoms with E-state index in [1.165, 1.54) is 0 Å². The number of hydrogen-bond acceptors (Lipinski definition) is 3. The lowest BCUT2D eigenvalue weighted by molar-refractivity contribution is 0.0916. The summed E-state index contributed by atoms with van der Waals surface area (Å²) in [5, 5.41) is 3.11. The van der Waals surface area contributed by atoms with E-state index in [1.807, 2.05) is 19.1 Å². The van der Waals surface area contributed by atoms with Gasteiger partial charge >= 0.3 is 0 Å². The number of carbonyl (C=O) groups excluding carboxylic acids is 1. The van der Waals surface area contributed by atoms with Crippen molar-refractivity contribution < 1.29 is 9.53 Å². The number of aryl methyl sites for hydroxylation is 1. The van der Waals surface area contributed by atoms with Crippen molar-refractivity contribution in [1.29, 1.82) is 0 Å². The van der Waals surface area contributed by atoms with Crippen LogP contribution in [0.25, 0.3) is 0 Å². The van der Waals surface area contributed by atoms with E-state index in [4.69, 9.17) is 4.74 Å². The van der Waals surface area contributed by atoms with Crippen LogP contribution in [0.2, 0.25) is 0 Å². The molecule has 19 heavy (non-hydrogen) atoms. The van der Waals surface area contributed by atoms with Crippen molar-refractivity contribution in [3.63, 3.8) is 0 Å². The molecule has 0 bridgehead atoms. The third-order valence-corrected chi connectivity index (χ3v) is 3.72. The normalized spacial score (nSPS) is 17.2. The molecule has 4 nitrogen and oxygen atoms in total. The summed E-state index contributed by atoms with van der Waals surface area (Å²) in [7, 11) is 3.74. The fourth-order valence-corrected chi connectivity index (χ4v) is 2.38. The van der Waals surface area contributed by atoms with E-state index in [9.17, 15) is 4.79 Å². The van der Waals surface area contributed by atoms with Crippen LogP contribution in [0, 0.1) is 6.92 Å². The zero-order valence-electron chi connectivity index (χ0n) is 11.9. The second kappa shape index (κ2) is 6.06. The van der Waals surface area contributed by atoms with Crippen LogP contribution in [-0.2, 0) is 0 Å². The molecule has 104 valence electrons. The molecule has 1 aromatic carbocycles. The van der Waals surface area contributed by atoms with Gasteiger partial charge in [0.2, 0.25) is 0 Å². The Kier molecular flexibility index (Phi) is 4.43. The number of hydrogen-bond donors (Lipinski definition) is 1. The van der Waals surface area contributed by atoms with Gasteiger partial charge in [0.1, 0.15) is 5.75 Å². The van der Waals surface area contributed by atoms with Gasteiger partial charge < -0.3 is 15.0 Å². The van der Waals surface area contributed by atoms with Crippen LogP contribution in [0.5, 0.6) is 5.75 Å². The summed E-state index contributed by atoms with van der Waals surface area (Å²) in [6.45, 7) is 4.06. The highest BCUT2D eigenvalue weighted by Crippen LogP contribution is 2.19. The van der Waals surface area contributed by atoms with Gasteiger partial charge in [-0.1, -0.05) is 6.07 Å². The van der Waals surface area contributed by atoms with Crippen LogP contribution in [-0.4, -0.2) is 44.1 Å². The monoisotopic (exact) mass is 262 g/mol. The van der Waals surface area contributed by atoms with Gasteiger partial charge in [0, 0.05) is 11.6 Å². The average Bonchev–Trinajstić information content (AvgIpc) is 2.42. The number of amides is 1. The molecular weight excluding hydrogens is 240 g/mol. The summed E-state index contributed by atoms with van der Waals surface area (Å²) >= 11 is 0. The summed E-state index contributed by atoms with van der Waals surface area (Å²) < 4.78 is 5.25. The Labute approximate surface area is 114 Å². The molecule has 1 heterocycles. The lowest BCUT2D eigenvalue weighted by atomic mass is 10.0. The lowest BCUT2D eigenvalue weighted by Gasteiger charge is -2.29. The minimum Gasteiger partial charge on any atom is -0.496 e. The molecule has 0 saturated carbocycles. The van der Waals surface area contributed by atoms with E-state index >= 15 is 0 Å². The fraction of sp³-hybridized carbons (Fsp3) is 0.533. The van der Waals surface area contributed by atoms with Crippen LogP contribution in [0.4, 0.5) is 0 Å². The second-order valence-electron chi connectivity index (χ2n) is 5.24. The van der Waals surface area contributed by atoms with E-state index in [2.05, 4.69) is 17.3 Å². The van der Waals surface area contributed by atoms with Crippen molar-refractivity contribution in [2.45, 2.75) is 25.8 Å². The second-order valence-corrected chi connectivity index (χ2v) is 5.24. The van der Waals surface area contributed by atoms with E-state index in [1.54, 1.807) is 13.2 Å². The van der Waals surface area contributed by atoms with Crippen molar-refractivity contribution in [2.24, 2.45) is 0 Å². The summed E-state index contributed by atoms with van der Waals surface area (Å²) in [6.07, 6.45) is 2.04. The van der Waals surface area contributed by atoms with Crippen LogP contribution >= 0.6 is 0 Å². The molecule has 4 heteroatoms.